The molecule has 1 aliphatic carbocycles. The van der Waals surface area contributed by atoms with Gasteiger partial charge in [-0.15, -0.1) is 0 Å². The molecule has 2 rings (SSSR count). The monoisotopic (exact) mass is 263 g/mol. The van der Waals surface area contributed by atoms with Crippen LogP contribution in [0.4, 0.5) is 0 Å². The van der Waals surface area contributed by atoms with Crippen molar-refractivity contribution in [3.63, 3.8) is 0 Å². The number of hydrogen-bond acceptors (Lipinski definition) is 3. The van der Waals surface area contributed by atoms with E-state index in [0.717, 1.165) is 19.5 Å². The summed E-state index contributed by atoms with van der Waals surface area (Å²) in [7, 11) is 0. The second-order valence-corrected chi connectivity index (χ2v) is 6.33. The minimum Gasteiger partial charge on any atom is -0.300 e. The van der Waals surface area contributed by atoms with Crippen LogP contribution in [-0.2, 0) is 0 Å². The van der Waals surface area contributed by atoms with Gasteiger partial charge in [-0.3, -0.25) is 5.32 Å². The van der Waals surface area contributed by atoms with Crippen molar-refractivity contribution in [3.8, 4) is 6.07 Å². The minimum atomic E-state index is -0.269. The molecule has 1 saturated heterocycles. The molecule has 2 aliphatic rings. The number of nitrogens with one attached hydrogen (secondary N) is 1. The molecule has 0 radical (unpaired) electrons. The van der Waals surface area contributed by atoms with Crippen LogP contribution in [0.15, 0.2) is 0 Å². The van der Waals surface area contributed by atoms with Crippen molar-refractivity contribution in [1.82, 2.24) is 10.2 Å². The van der Waals surface area contributed by atoms with E-state index in [1.807, 2.05) is 0 Å². The molecule has 1 unspecified atom stereocenters. The summed E-state index contributed by atoms with van der Waals surface area (Å²) in [6.07, 6.45) is 10.3. The van der Waals surface area contributed by atoms with E-state index < -0.39 is 0 Å². The van der Waals surface area contributed by atoms with Crippen LogP contribution in [-0.4, -0.2) is 36.6 Å². The quantitative estimate of drug-likeness (QED) is 0.801. The Morgan fingerprint density at radius 2 is 1.79 bits per heavy atom. The maximum absolute atomic E-state index is 9.73. The molecule has 1 heterocycles. The molecule has 108 valence electrons. The lowest BCUT2D eigenvalue weighted by molar-refractivity contribution is 0.182. The van der Waals surface area contributed by atoms with Crippen LogP contribution in [0.25, 0.3) is 0 Å². The molecular formula is C16H29N3. The van der Waals surface area contributed by atoms with E-state index in [1.54, 1.807) is 0 Å². The normalized spacial score (nSPS) is 25.1. The van der Waals surface area contributed by atoms with Crippen molar-refractivity contribution in [3.05, 3.63) is 0 Å². The van der Waals surface area contributed by atoms with E-state index in [2.05, 4.69) is 23.2 Å². The number of nitrogens with zero attached hydrogens (tertiary/aromatic N) is 2. The van der Waals surface area contributed by atoms with Crippen molar-refractivity contribution >= 4 is 0 Å². The number of likely N-dealkylation sites (tertiary alicyclic amines) is 1. The third-order valence-electron chi connectivity index (χ3n) is 4.59. The molecule has 2 fully saturated rings. The van der Waals surface area contributed by atoms with E-state index in [0.29, 0.717) is 5.92 Å². The molecular weight excluding hydrogens is 234 g/mol. The maximum atomic E-state index is 9.73. The van der Waals surface area contributed by atoms with Gasteiger partial charge in [0.05, 0.1) is 6.07 Å². The molecule has 1 atom stereocenters. The molecule has 1 saturated carbocycles. The second-order valence-electron chi connectivity index (χ2n) is 6.33. The molecule has 3 nitrogen and oxygen atoms in total. The average Bonchev–Trinajstić information content (AvgIpc) is 3.22. The summed E-state index contributed by atoms with van der Waals surface area (Å²) in [5.74, 6) is 0.592. The summed E-state index contributed by atoms with van der Waals surface area (Å²) < 4.78 is 0. The van der Waals surface area contributed by atoms with Crippen LogP contribution >= 0.6 is 0 Å². The van der Waals surface area contributed by atoms with Crippen molar-refractivity contribution in [1.29, 1.82) is 5.26 Å². The summed E-state index contributed by atoms with van der Waals surface area (Å²) in [5.41, 5.74) is -0.269. The van der Waals surface area contributed by atoms with E-state index in [-0.39, 0.29) is 5.54 Å². The molecule has 3 heteroatoms. The fourth-order valence-corrected chi connectivity index (χ4v) is 3.24. The molecule has 0 amide bonds. The highest BCUT2D eigenvalue weighted by Crippen LogP contribution is 2.40. The molecule has 1 aliphatic heterocycles. The molecule has 1 N–H and O–H groups in total. The van der Waals surface area contributed by atoms with Gasteiger partial charge in [0.1, 0.15) is 5.54 Å². The number of rotatable bonds is 6. The highest BCUT2D eigenvalue weighted by Gasteiger charge is 2.46. The predicted octanol–water partition coefficient (Wildman–Crippen LogP) is 2.92. The third kappa shape index (κ3) is 4.19. The van der Waals surface area contributed by atoms with E-state index in [1.165, 1.54) is 58.0 Å². The Morgan fingerprint density at radius 1 is 1.16 bits per heavy atom. The first-order valence-corrected chi connectivity index (χ1v) is 8.19. The first-order valence-electron chi connectivity index (χ1n) is 8.19. The Bertz CT molecular complexity index is 298. The van der Waals surface area contributed by atoms with Gasteiger partial charge in [0.15, 0.2) is 0 Å². The summed E-state index contributed by atoms with van der Waals surface area (Å²) in [6.45, 7) is 6.46. The fraction of sp³-hybridized carbons (Fsp3) is 0.938. The summed E-state index contributed by atoms with van der Waals surface area (Å²) in [4.78, 5) is 2.54. The van der Waals surface area contributed by atoms with Crippen LogP contribution in [0.2, 0.25) is 0 Å². The second kappa shape index (κ2) is 7.26. The van der Waals surface area contributed by atoms with Crippen LogP contribution < -0.4 is 5.32 Å². The Hall–Kier alpha value is -0.590. The van der Waals surface area contributed by atoms with E-state index in [4.69, 9.17) is 0 Å². The van der Waals surface area contributed by atoms with Crippen molar-refractivity contribution < 1.29 is 0 Å². The lowest BCUT2D eigenvalue weighted by Crippen LogP contribution is -2.55. The standard InChI is InChI=1S/C16H29N3/c1-2-10-18-16(13-17,15-8-9-15)14-19-11-6-4-3-5-7-12-19/h15,18H,2-12,14H2,1H3. The lowest BCUT2D eigenvalue weighted by atomic mass is 9.93. The third-order valence-corrected chi connectivity index (χ3v) is 4.59. The van der Waals surface area contributed by atoms with E-state index >= 15 is 0 Å². The van der Waals surface area contributed by atoms with Crippen LogP contribution in [0.1, 0.15) is 58.3 Å². The largest absolute Gasteiger partial charge is 0.300 e. The van der Waals surface area contributed by atoms with Gasteiger partial charge in [0, 0.05) is 6.54 Å². The zero-order chi connectivity index (χ0) is 13.6. The summed E-state index contributed by atoms with van der Waals surface area (Å²) in [6, 6.07) is 2.64. The lowest BCUT2D eigenvalue weighted by Gasteiger charge is -2.35. The van der Waals surface area contributed by atoms with Gasteiger partial charge in [-0.2, -0.15) is 5.26 Å². The van der Waals surface area contributed by atoms with E-state index in [9.17, 15) is 5.26 Å². The molecule has 0 aromatic rings. The Balaban J connectivity index is 1.95. The first-order chi connectivity index (χ1) is 9.30. The summed E-state index contributed by atoms with van der Waals surface area (Å²) >= 11 is 0. The van der Waals surface area contributed by atoms with Gasteiger partial charge in [-0.1, -0.05) is 26.2 Å². The SMILES string of the molecule is CCCNC(C#N)(CN1CCCCCCC1)C1CC1. The van der Waals surface area contributed by atoms with Gasteiger partial charge in [0.2, 0.25) is 0 Å². The zero-order valence-corrected chi connectivity index (χ0v) is 12.5. The van der Waals surface area contributed by atoms with Crippen LogP contribution in [0.3, 0.4) is 0 Å². The molecule has 19 heavy (non-hydrogen) atoms. The Labute approximate surface area is 118 Å². The number of hydrogen-bond donors (Lipinski definition) is 1. The molecule has 0 spiro atoms. The average molecular weight is 263 g/mol. The highest BCUT2D eigenvalue weighted by atomic mass is 15.2. The maximum Gasteiger partial charge on any atom is 0.122 e. The van der Waals surface area contributed by atoms with Crippen LogP contribution in [0.5, 0.6) is 0 Å². The summed E-state index contributed by atoms with van der Waals surface area (Å²) in [5, 5.41) is 13.3. The molecule has 0 bridgehead atoms. The van der Waals surface area contributed by atoms with Crippen molar-refractivity contribution in [2.75, 3.05) is 26.2 Å². The van der Waals surface area contributed by atoms with Gasteiger partial charge >= 0.3 is 0 Å². The Kier molecular flexibility index (Phi) is 5.66. The van der Waals surface area contributed by atoms with Crippen molar-refractivity contribution in [2.24, 2.45) is 5.92 Å². The predicted molar refractivity (Wildman–Crippen MR) is 78.9 cm³/mol. The zero-order valence-electron chi connectivity index (χ0n) is 12.5. The first kappa shape index (κ1) is 14.8. The van der Waals surface area contributed by atoms with Gasteiger partial charge in [-0.25, -0.2) is 0 Å². The fourth-order valence-electron chi connectivity index (χ4n) is 3.24. The highest BCUT2D eigenvalue weighted by molar-refractivity contribution is 5.16. The molecule has 0 aromatic heterocycles. The molecule has 0 aromatic carbocycles. The smallest absolute Gasteiger partial charge is 0.122 e. The topological polar surface area (TPSA) is 39.1 Å². The number of nitriles is 1. The van der Waals surface area contributed by atoms with Gasteiger partial charge < -0.3 is 4.90 Å². The van der Waals surface area contributed by atoms with Crippen LogP contribution in [0, 0.1) is 17.2 Å². The van der Waals surface area contributed by atoms with Gasteiger partial charge in [-0.05, 0) is 57.7 Å². The Morgan fingerprint density at radius 3 is 2.32 bits per heavy atom. The minimum absolute atomic E-state index is 0.269. The van der Waals surface area contributed by atoms with Crippen molar-refractivity contribution in [2.45, 2.75) is 63.8 Å². The van der Waals surface area contributed by atoms with Gasteiger partial charge in [0.25, 0.3) is 0 Å².